The summed E-state index contributed by atoms with van der Waals surface area (Å²) < 4.78 is 27.7. The molecule has 0 saturated heterocycles. The van der Waals surface area contributed by atoms with E-state index in [2.05, 4.69) is 20.7 Å². The Labute approximate surface area is 224 Å². The second-order valence-electron chi connectivity index (χ2n) is 9.24. The molecule has 40 heavy (non-hydrogen) atoms. The summed E-state index contributed by atoms with van der Waals surface area (Å²) in [6.07, 6.45) is 1.04. The van der Waals surface area contributed by atoms with Gasteiger partial charge < -0.3 is 20.8 Å². The standard InChI is InChI=1S/C27H21F2N5O6/c1-12-14-5-7-19(16(14)4-3-15(12)26(37)38)32-25(36)22-9-20(31-23-10-21(27(39)40)33-34(22)23)24(35)30-11-13-2-6-17(28)18(29)8-13/h2-4,6,8-10,19H,5,7,11H2,1H3,(H,30,35)(H,32,36)(H,37,38)(H,39,40)/t19-/m0/s1. The molecule has 1 aliphatic rings. The molecule has 0 bridgehead atoms. The van der Waals surface area contributed by atoms with Crippen LogP contribution in [0.25, 0.3) is 5.65 Å². The molecule has 0 unspecified atom stereocenters. The average molecular weight is 549 g/mol. The maximum Gasteiger partial charge on any atom is 0.356 e. The first kappa shape index (κ1) is 26.4. The zero-order valence-corrected chi connectivity index (χ0v) is 20.9. The highest BCUT2D eigenvalue weighted by Crippen LogP contribution is 2.35. The lowest BCUT2D eigenvalue weighted by atomic mass is 9.98. The highest BCUT2D eigenvalue weighted by Gasteiger charge is 2.29. The molecule has 0 radical (unpaired) electrons. The number of hydrogen-bond donors (Lipinski definition) is 4. The number of amides is 2. The molecule has 204 valence electrons. The van der Waals surface area contributed by atoms with Crippen LogP contribution in [-0.4, -0.2) is 48.6 Å². The van der Waals surface area contributed by atoms with E-state index in [-0.39, 0.29) is 34.7 Å². The average Bonchev–Trinajstić information content (AvgIpc) is 3.53. The van der Waals surface area contributed by atoms with E-state index in [1.807, 2.05) is 0 Å². The van der Waals surface area contributed by atoms with E-state index in [0.29, 0.717) is 18.4 Å². The van der Waals surface area contributed by atoms with Crippen LogP contribution in [0.2, 0.25) is 0 Å². The molecule has 2 heterocycles. The van der Waals surface area contributed by atoms with Gasteiger partial charge in [0.05, 0.1) is 11.6 Å². The van der Waals surface area contributed by atoms with Gasteiger partial charge in [-0.15, -0.1) is 0 Å². The van der Waals surface area contributed by atoms with Crippen molar-refractivity contribution in [1.29, 1.82) is 0 Å². The van der Waals surface area contributed by atoms with Crippen LogP contribution in [0.1, 0.15) is 76.5 Å². The van der Waals surface area contributed by atoms with Gasteiger partial charge in [-0.05, 0) is 60.2 Å². The van der Waals surface area contributed by atoms with Crippen molar-refractivity contribution in [3.8, 4) is 0 Å². The first-order chi connectivity index (χ1) is 19.0. The number of carboxylic acids is 2. The van der Waals surface area contributed by atoms with E-state index in [4.69, 9.17) is 0 Å². The second kappa shape index (κ2) is 10.2. The molecule has 0 aliphatic heterocycles. The fourth-order valence-corrected chi connectivity index (χ4v) is 4.77. The van der Waals surface area contributed by atoms with Crippen LogP contribution in [0, 0.1) is 18.6 Å². The van der Waals surface area contributed by atoms with E-state index in [1.165, 1.54) is 12.1 Å². The summed E-state index contributed by atoms with van der Waals surface area (Å²) in [5, 5.41) is 28.1. The highest BCUT2D eigenvalue weighted by molar-refractivity contribution is 5.99. The number of fused-ring (bicyclic) bond motifs is 2. The molecule has 0 fully saturated rings. The van der Waals surface area contributed by atoms with Crippen LogP contribution in [0.4, 0.5) is 8.78 Å². The van der Waals surface area contributed by atoms with Gasteiger partial charge in [-0.3, -0.25) is 9.59 Å². The van der Waals surface area contributed by atoms with E-state index in [1.54, 1.807) is 13.0 Å². The summed E-state index contributed by atoms with van der Waals surface area (Å²) in [5.41, 5.74) is 1.80. The molecule has 0 saturated carbocycles. The Bertz CT molecular complexity index is 1730. The third-order valence-corrected chi connectivity index (χ3v) is 6.78. The quantitative estimate of drug-likeness (QED) is 0.273. The van der Waals surface area contributed by atoms with Crippen LogP contribution >= 0.6 is 0 Å². The van der Waals surface area contributed by atoms with Crippen molar-refractivity contribution in [2.75, 3.05) is 0 Å². The minimum absolute atomic E-state index is 0.0724. The van der Waals surface area contributed by atoms with E-state index < -0.39 is 47.1 Å². The Balaban J connectivity index is 1.44. The zero-order valence-electron chi connectivity index (χ0n) is 20.9. The van der Waals surface area contributed by atoms with Crippen LogP contribution in [0.3, 0.4) is 0 Å². The van der Waals surface area contributed by atoms with E-state index >= 15 is 0 Å². The SMILES string of the molecule is Cc1c(C(=O)O)ccc2c1CC[C@@H]2NC(=O)c1cc(C(=O)NCc2ccc(F)c(F)c2)nc2cc(C(=O)O)nn12. The Morgan fingerprint density at radius 2 is 1.75 bits per heavy atom. The van der Waals surface area contributed by atoms with Crippen LogP contribution < -0.4 is 10.6 Å². The van der Waals surface area contributed by atoms with Crippen LogP contribution in [0.15, 0.2) is 42.5 Å². The number of halogens is 2. The maximum absolute atomic E-state index is 13.5. The molecule has 5 rings (SSSR count). The smallest absolute Gasteiger partial charge is 0.356 e. The first-order valence-corrected chi connectivity index (χ1v) is 12.1. The lowest BCUT2D eigenvalue weighted by molar-refractivity contribution is 0.0681. The lowest BCUT2D eigenvalue weighted by Crippen LogP contribution is -2.30. The maximum atomic E-state index is 13.5. The fraction of sp³-hybridized carbons (Fsp3) is 0.185. The fourth-order valence-electron chi connectivity index (χ4n) is 4.77. The zero-order chi connectivity index (χ0) is 28.7. The Hall–Kier alpha value is -5.20. The topological polar surface area (TPSA) is 163 Å². The number of benzene rings is 2. The number of aromatic nitrogens is 3. The van der Waals surface area contributed by atoms with Crippen molar-refractivity contribution in [2.45, 2.75) is 32.4 Å². The predicted molar refractivity (Wildman–Crippen MR) is 134 cm³/mol. The van der Waals surface area contributed by atoms with Crippen molar-refractivity contribution < 1.29 is 38.2 Å². The van der Waals surface area contributed by atoms with Gasteiger partial charge in [0, 0.05) is 18.7 Å². The van der Waals surface area contributed by atoms with Gasteiger partial charge in [0.2, 0.25) is 0 Å². The molecular weight excluding hydrogens is 528 g/mol. The van der Waals surface area contributed by atoms with Gasteiger partial charge >= 0.3 is 11.9 Å². The second-order valence-corrected chi connectivity index (χ2v) is 9.24. The number of carboxylic acid groups (broad SMARTS) is 2. The molecular formula is C27H21F2N5O6. The summed E-state index contributed by atoms with van der Waals surface area (Å²) in [6, 6.07) is 8.07. The van der Waals surface area contributed by atoms with Crippen molar-refractivity contribution >= 4 is 29.4 Å². The summed E-state index contributed by atoms with van der Waals surface area (Å²) in [6.45, 7) is 1.54. The molecule has 4 aromatic rings. The molecule has 4 N–H and O–H groups in total. The van der Waals surface area contributed by atoms with E-state index in [9.17, 15) is 38.2 Å². The van der Waals surface area contributed by atoms with Gasteiger partial charge in [0.25, 0.3) is 11.8 Å². The number of carbonyl (C=O) groups is 4. The van der Waals surface area contributed by atoms with Crippen LogP contribution in [0.5, 0.6) is 0 Å². The monoisotopic (exact) mass is 549 g/mol. The number of carbonyl (C=O) groups excluding carboxylic acids is 2. The normalized spacial score (nSPS) is 14.1. The molecule has 0 spiro atoms. The van der Waals surface area contributed by atoms with Crippen molar-refractivity contribution in [2.24, 2.45) is 0 Å². The number of hydrogen-bond acceptors (Lipinski definition) is 6. The number of nitrogens with one attached hydrogen (secondary N) is 2. The molecule has 2 aromatic heterocycles. The van der Waals surface area contributed by atoms with Crippen molar-refractivity contribution in [3.63, 3.8) is 0 Å². The summed E-state index contributed by atoms with van der Waals surface area (Å²) in [5.74, 6) is -5.93. The van der Waals surface area contributed by atoms with Gasteiger partial charge in [-0.1, -0.05) is 12.1 Å². The summed E-state index contributed by atoms with van der Waals surface area (Å²) in [7, 11) is 0. The minimum Gasteiger partial charge on any atom is -0.478 e. The predicted octanol–water partition coefficient (Wildman–Crippen LogP) is 3.06. The molecule has 13 heteroatoms. The molecule has 2 amide bonds. The van der Waals surface area contributed by atoms with Gasteiger partial charge in [0.1, 0.15) is 11.4 Å². The number of aromatic carboxylic acids is 2. The number of rotatable bonds is 7. The minimum atomic E-state index is -1.37. The third-order valence-electron chi connectivity index (χ3n) is 6.78. The van der Waals surface area contributed by atoms with E-state index in [0.717, 1.165) is 39.9 Å². The molecule has 11 nitrogen and oxygen atoms in total. The molecule has 2 aromatic carbocycles. The van der Waals surface area contributed by atoms with Gasteiger partial charge in [-0.2, -0.15) is 5.10 Å². The first-order valence-electron chi connectivity index (χ1n) is 12.1. The summed E-state index contributed by atoms with van der Waals surface area (Å²) >= 11 is 0. The Kier molecular flexibility index (Phi) is 6.71. The van der Waals surface area contributed by atoms with Crippen LogP contribution in [-0.2, 0) is 13.0 Å². The van der Waals surface area contributed by atoms with Crippen molar-refractivity contribution in [3.05, 3.63) is 99.0 Å². The lowest BCUT2D eigenvalue weighted by Gasteiger charge is -2.16. The Morgan fingerprint density at radius 1 is 0.975 bits per heavy atom. The molecule has 1 aliphatic carbocycles. The van der Waals surface area contributed by atoms with Gasteiger partial charge in [0.15, 0.2) is 23.0 Å². The van der Waals surface area contributed by atoms with Gasteiger partial charge in [-0.25, -0.2) is 27.9 Å². The van der Waals surface area contributed by atoms with Crippen molar-refractivity contribution in [1.82, 2.24) is 25.2 Å². The highest BCUT2D eigenvalue weighted by atomic mass is 19.2. The largest absolute Gasteiger partial charge is 0.478 e. The number of nitrogens with zero attached hydrogens (tertiary/aromatic N) is 3. The Morgan fingerprint density at radius 3 is 2.45 bits per heavy atom. The third kappa shape index (κ3) is 4.84. The summed E-state index contributed by atoms with van der Waals surface area (Å²) in [4.78, 5) is 53.5. The molecule has 1 atom stereocenters.